The van der Waals surface area contributed by atoms with Crippen molar-refractivity contribution in [3.05, 3.63) is 35.9 Å². The second-order valence-corrected chi connectivity index (χ2v) is 9.63. The van der Waals surface area contributed by atoms with Crippen LogP contribution in [0.5, 0.6) is 0 Å². The number of rotatable bonds is 18. The summed E-state index contributed by atoms with van der Waals surface area (Å²) < 4.78 is 0. The van der Waals surface area contributed by atoms with Crippen LogP contribution in [0.4, 0.5) is 0 Å². The zero-order valence-electron chi connectivity index (χ0n) is 21.7. The molecule has 0 bridgehead atoms. The molecule has 11 N–H and O–H groups in total. The molecule has 0 aromatic heterocycles. The van der Waals surface area contributed by atoms with E-state index in [0.717, 1.165) is 5.56 Å². The van der Waals surface area contributed by atoms with Gasteiger partial charge in [-0.1, -0.05) is 30.3 Å². The number of carboxylic acid groups (broad SMARTS) is 2. The average Bonchev–Trinajstić information content (AvgIpc) is 2.87. The van der Waals surface area contributed by atoms with Crippen LogP contribution in [-0.2, 0) is 30.4 Å². The van der Waals surface area contributed by atoms with Gasteiger partial charge in [-0.15, -0.1) is 0 Å². The molecule has 0 spiro atoms. The molecule has 0 saturated heterocycles. The van der Waals surface area contributed by atoms with E-state index in [4.69, 9.17) is 22.3 Å². The number of aliphatic carboxylic acids is 2. The van der Waals surface area contributed by atoms with Crippen LogP contribution in [0.3, 0.4) is 0 Å². The van der Waals surface area contributed by atoms with Crippen molar-refractivity contribution in [2.45, 2.75) is 56.3 Å². The Morgan fingerprint density at radius 3 is 2.00 bits per heavy atom. The average molecular weight is 568 g/mol. The summed E-state index contributed by atoms with van der Waals surface area (Å²) in [6.45, 7) is 0.125. The number of benzene rings is 1. The first-order chi connectivity index (χ1) is 18.4. The molecule has 0 aliphatic carbocycles. The van der Waals surface area contributed by atoms with Crippen molar-refractivity contribution in [3.63, 3.8) is 0 Å². The van der Waals surface area contributed by atoms with Gasteiger partial charge in [0.2, 0.25) is 17.7 Å². The quantitative estimate of drug-likeness (QED) is 0.0568. The van der Waals surface area contributed by atoms with Crippen molar-refractivity contribution in [3.8, 4) is 0 Å². The molecule has 3 amide bonds. The van der Waals surface area contributed by atoms with E-state index in [0.29, 0.717) is 5.75 Å². The van der Waals surface area contributed by atoms with Crippen LogP contribution in [0.15, 0.2) is 35.3 Å². The zero-order chi connectivity index (χ0) is 29.4. The van der Waals surface area contributed by atoms with Crippen LogP contribution in [0.25, 0.3) is 0 Å². The summed E-state index contributed by atoms with van der Waals surface area (Å²) in [7, 11) is 0. The highest BCUT2D eigenvalue weighted by atomic mass is 32.2. The minimum absolute atomic E-state index is 0.00444. The molecule has 4 atom stereocenters. The van der Waals surface area contributed by atoms with Crippen LogP contribution in [-0.4, -0.2) is 88.6 Å². The first-order valence-corrected chi connectivity index (χ1v) is 13.5. The number of thioether (sulfide) groups is 1. The summed E-state index contributed by atoms with van der Waals surface area (Å²) in [5.41, 5.74) is 17.5. The van der Waals surface area contributed by atoms with Crippen molar-refractivity contribution in [2.24, 2.45) is 22.2 Å². The second kappa shape index (κ2) is 17.6. The van der Waals surface area contributed by atoms with Crippen LogP contribution < -0.4 is 33.2 Å². The van der Waals surface area contributed by atoms with Gasteiger partial charge in [-0.3, -0.25) is 24.2 Å². The molecule has 1 aromatic rings. The van der Waals surface area contributed by atoms with Gasteiger partial charge in [0.25, 0.3) is 0 Å². The highest BCUT2D eigenvalue weighted by molar-refractivity contribution is 7.98. The lowest BCUT2D eigenvalue weighted by Crippen LogP contribution is -2.57. The highest BCUT2D eigenvalue weighted by Crippen LogP contribution is 2.07. The van der Waals surface area contributed by atoms with E-state index in [1.807, 2.05) is 36.6 Å². The van der Waals surface area contributed by atoms with E-state index < -0.39 is 60.2 Å². The van der Waals surface area contributed by atoms with Gasteiger partial charge in [0.15, 0.2) is 5.96 Å². The SMILES string of the molecule is CSCCC(NC(=O)C(N)Cc1ccccc1)C(=O)NC(CCCN=C(N)N)C(=O)NC(CC(=O)O)C(=O)O. The summed E-state index contributed by atoms with van der Waals surface area (Å²) >= 11 is 1.45. The Kier molecular flexibility index (Phi) is 15.0. The molecule has 0 saturated carbocycles. The Balaban J connectivity index is 3.01. The number of nitrogens with one attached hydrogen (secondary N) is 3. The van der Waals surface area contributed by atoms with Gasteiger partial charge in [-0.05, 0) is 43.3 Å². The molecule has 4 unspecified atom stereocenters. The zero-order valence-corrected chi connectivity index (χ0v) is 22.5. The standard InChI is InChI=1S/C24H37N7O7S/c1-39-11-9-17(29-20(34)15(25)12-14-6-3-2-4-7-14)22(36)30-16(8-5-10-28-24(26)27)21(35)31-18(23(37)38)13-19(32)33/h2-4,6-7,15-18H,5,8-13,25H2,1H3,(H,29,34)(H,30,36)(H,31,35)(H,32,33)(H,37,38)(H4,26,27,28). The number of carbonyl (C=O) groups excluding carboxylic acids is 3. The fraction of sp³-hybridized carbons (Fsp3) is 0.500. The van der Waals surface area contributed by atoms with Crippen molar-refractivity contribution in [1.29, 1.82) is 0 Å². The Morgan fingerprint density at radius 2 is 1.46 bits per heavy atom. The third-order valence-electron chi connectivity index (χ3n) is 5.45. The van der Waals surface area contributed by atoms with E-state index in [9.17, 15) is 29.1 Å². The Bertz CT molecular complexity index is 1010. The Hall–Kier alpha value is -3.85. The monoisotopic (exact) mass is 567 g/mol. The summed E-state index contributed by atoms with van der Waals surface area (Å²) in [5.74, 6) is -4.78. The van der Waals surface area contributed by atoms with Crippen LogP contribution in [0, 0.1) is 0 Å². The van der Waals surface area contributed by atoms with Crippen LogP contribution in [0.1, 0.15) is 31.2 Å². The van der Waals surface area contributed by atoms with E-state index in [1.54, 1.807) is 0 Å². The number of nitrogens with two attached hydrogens (primary N) is 3. The summed E-state index contributed by atoms with van der Waals surface area (Å²) in [4.78, 5) is 65.1. The number of aliphatic imine (C=N–C) groups is 1. The number of carboxylic acids is 2. The molecule has 1 aromatic carbocycles. The smallest absolute Gasteiger partial charge is 0.326 e. The molecule has 0 aliphatic rings. The van der Waals surface area contributed by atoms with Gasteiger partial charge in [-0.2, -0.15) is 11.8 Å². The number of carbonyl (C=O) groups is 5. The Morgan fingerprint density at radius 1 is 0.897 bits per heavy atom. The Labute approximate surface area is 230 Å². The first-order valence-electron chi connectivity index (χ1n) is 12.1. The van der Waals surface area contributed by atoms with Crippen molar-refractivity contribution in [2.75, 3.05) is 18.6 Å². The lowest BCUT2D eigenvalue weighted by atomic mass is 10.0. The predicted molar refractivity (Wildman–Crippen MR) is 147 cm³/mol. The lowest BCUT2D eigenvalue weighted by Gasteiger charge is -2.25. The minimum Gasteiger partial charge on any atom is -0.481 e. The molecule has 14 nitrogen and oxygen atoms in total. The minimum atomic E-state index is -1.71. The molecular formula is C24H37N7O7S. The lowest BCUT2D eigenvalue weighted by molar-refractivity contribution is -0.147. The van der Waals surface area contributed by atoms with Crippen LogP contribution in [0.2, 0.25) is 0 Å². The number of guanidine groups is 1. The third-order valence-corrected chi connectivity index (χ3v) is 6.09. The van der Waals surface area contributed by atoms with E-state index in [-0.39, 0.29) is 38.2 Å². The summed E-state index contributed by atoms with van der Waals surface area (Å²) in [6.07, 6.45) is 1.68. The van der Waals surface area contributed by atoms with E-state index >= 15 is 0 Å². The number of hydrogen-bond donors (Lipinski definition) is 8. The largest absolute Gasteiger partial charge is 0.481 e. The van der Waals surface area contributed by atoms with Crippen molar-refractivity contribution in [1.82, 2.24) is 16.0 Å². The molecule has 0 radical (unpaired) electrons. The first kappa shape index (κ1) is 33.2. The molecule has 0 aliphatic heterocycles. The molecule has 216 valence electrons. The number of nitrogens with zero attached hydrogens (tertiary/aromatic N) is 1. The maximum absolute atomic E-state index is 13.2. The van der Waals surface area contributed by atoms with E-state index in [1.165, 1.54) is 11.8 Å². The topological polar surface area (TPSA) is 252 Å². The van der Waals surface area contributed by atoms with Crippen molar-refractivity contribution < 1.29 is 34.2 Å². The molecule has 15 heteroatoms. The second-order valence-electron chi connectivity index (χ2n) is 8.65. The number of hydrogen-bond acceptors (Lipinski definition) is 8. The van der Waals surface area contributed by atoms with Gasteiger partial charge in [-0.25, -0.2) is 4.79 Å². The van der Waals surface area contributed by atoms with Gasteiger partial charge in [0.05, 0.1) is 12.5 Å². The maximum Gasteiger partial charge on any atom is 0.326 e. The van der Waals surface area contributed by atoms with Gasteiger partial charge in [0.1, 0.15) is 18.1 Å². The van der Waals surface area contributed by atoms with Crippen LogP contribution >= 0.6 is 11.8 Å². The normalized spacial score (nSPS) is 13.7. The highest BCUT2D eigenvalue weighted by Gasteiger charge is 2.31. The third kappa shape index (κ3) is 13.5. The van der Waals surface area contributed by atoms with Crippen molar-refractivity contribution >= 4 is 47.4 Å². The van der Waals surface area contributed by atoms with Gasteiger partial charge in [0, 0.05) is 6.54 Å². The predicted octanol–water partition coefficient (Wildman–Crippen LogP) is -1.62. The molecule has 0 fully saturated rings. The van der Waals surface area contributed by atoms with Gasteiger partial charge >= 0.3 is 11.9 Å². The van der Waals surface area contributed by atoms with Gasteiger partial charge < -0.3 is 43.4 Å². The summed E-state index contributed by atoms with van der Waals surface area (Å²) in [6, 6.07) is 4.19. The van der Waals surface area contributed by atoms with E-state index in [2.05, 4.69) is 20.9 Å². The fourth-order valence-electron chi connectivity index (χ4n) is 3.44. The molecule has 1 rings (SSSR count). The number of amides is 3. The molecule has 39 heavy (non-hydrogen) atoms. The summed E-state index contributed by atoms with van der Waals surface area (Å²) in [5, 5.41) is 25.6. The molecular weight excluding hydrogens is 530 g/mol. The fourth-order valence-corrected chi connectivity index (χ4v) is 3.91. The maximum atomic E-state index is 13.2. The molecule has 0 heterocycles.